The van der Waals surface area contributed by atoms with Crippen LogP contribution in [0.3, 0.4) is 0 Å². The van der Waals surface area contributed by atoms with Gasteiger partial charge >= 0.3 is 0 Å². The van der Waals surface area contributed by atoms with E-state index >= 15 is 0 Å². The van der Waals surface area contributed by atoms with Gasteiger partial charge in [-0.25, -0.2) is 0 Å². The number of ether oxygens (including phenoxy) is 1. The largest absolute Gasteiger partial charge is 0.496 e. The molecule has 70 valence electrons. The van der Waals surface area contributed by atoms with E-state index in [1.807, 2.05) is 6.07 Å². The van der Waals surface area contributed by atoms with E-state index in [0.29, 0.717) is 6.04 Å². The number of hydrogen-bond donors (Lipinski definition) is 1. The summed E-state index contributed by atoms with van der Waals surface area (Å²) in [5.41, 5.74) is 2.60. The molecule has 1 aromatic rings. The molecular weight excluding hydrogens is 162 g/mol. The third kappa shape index (κ3) is 1.54. The average Bonchev–Trinajstić information content (AvgIpc) is 2.02. The molecule has 2 rings (SSSR count). The Kier molecular flexibility index (Phi) is 2.23. The van der Waals surface area contributed by atoms with Crippen molar-refractivity contribution in [1.82, 2.24) is 5.32 Å². The SMILES string of the molecule is COc1ccc(C)cc1[C@H]1CCN1. The first kappa shape index (κ1) is 8.57. The predicted octanol–water partition coefficient (Wildman–Crippen LogP) is 2.04. The van der Waals surface area contributed by atoms with Crippen LogP contribution >= 0.6 is 0 Å². The van der Waals surface area contributed by atoms with Gasteiger partial charge in [-0.1, -0.05) is 17.7 Å². The lowest BCUT2D eigenvalue weighted by molar-refractivity contribution is 0.353. The van der Waals surface area contributed by atoms with Gasteiger partial charge in [0.2, 0.25) is 0 Å². The van der Waals surface area contributed by atoms with Crippen LogP contribution < -0.4 is 10.1 Å². The average molecular weight is 177 g/mol. The molecule has 1 saturated heterocycles. The molecule has 1 aromatic carbocycles. The van der Waals surface area contributed by atoms with Crippen molar-refractivity contribution in [3.05, 3.63) is 29.3 Å². The molecule has 2 nitrogen and oxygen atoms in total. The van der Waals surface area contributed by atoms with Crippen LogP contribution in [0, 0.1) is 6.92 Å². The molecule has 0 aliphatic carbocycles. The number of methoxy groups -OCH3 is 1. The maximum atomic E-state index is 5.32. The van der Waals surface area contributed by atoms with Crippen molar-refractivity contribution >= 4 is 0 Å². The molecule has 1 atom stereocenters. The molecule has 1 fully saturated rings. The van der Waals surface area contributed by atoms with E-state index in [9.17, 15) is 0 Å². The van der Waals surface area contributed by atoms with Crippen LogP contribution in [0.1, 0.15) is 23.6 Å². The summed E-state index contributed by atoms with van der Waals surface area (Å²) in [6, 6.07) is 6.84. The number of aryl methyl sites for hydroxylation is 1. The van der Waals surface area contributed by atoms with Crippen LogP contribution in [0.4, 0.5) is 0 Å². The fraction of sp³-hybridized carbons (Fsp3) is 0.455. The van der Waals surface area contributed by atoms with Crippen molar-refractivity contribution < 1.29 is 4.74 Å². The third-order valence-corrected chi connectivity index (χ3v) is 2.58. The Bertz CT molecular complexity index is 305. The smallest absolute Gasteiger partial charge is 0.123 e. The molecule has 0 unspecified atom stereocenters. The summed E-state index contributed by atoms with van der Waals surface area (Å²) in [4.78, 5) is 0. The minimum atomic E-state index is 0.509. The van der Waals surface area contributed by atoms with Crippen molar-refractivity contribution in [2.75, 3.05) is 13.7 Å². The van der Waals surface area contributed by atoms with Gasteiger partial charge in [-0.05, 0) is 26.0 Å². The molecule has 0 bridgehead atoms. The van der Waals surface area contributed by atoms with Gasteiger partial charge in [-0.15, -0.1) is 0 Å². The Morgan fingerprint density at radius 1 is 1.46 bits per heavy atom. The Morgan fingerprint density at radius 2 is 2.23 bits per heavy atom. The third-order valence-electron chi connectivity index (χ3n) is 2.58. The maximum Gasteiger partial charge on any atom is 0.123 e. The van der Waals surface area contributed by atoms with Gasteiger partial charge in [0.15, 0.2) is 0 Å². The second-order valence-electron chi connectivity index (χ2n) is 3.54. The lowest BCUT2D eigenvalue weighted by Crippen LogP contribution is -2.35. The number of benzene rings is 1. The van der Waals surface area contributed by atoms with Gasteiger partial charge < -0.3 is 10.1 Å². The topological polar surface area (TPSA) is 21.3 Å². The zero-order valence-electron chi connectivity index (χ0n) is 8.13. The quantitative estimate of drug-likeness (QED) is 0.746. The van der Waals surface area contributed by atoms with E-state index < -0.39 is 0 Å². The van der Waals surface area contributed by atoms with E-state index in [4.69, 9.17) is 4.74 Å². The zero-order valence-corrected chi connectivity index (χ0v) is 8.13. The summed E-state index contributed by atoms with van der Waals surface area (Å²) in [5.74, 6) is 1.00. The van der Waals surface area contributed by atoms with Gasteiger partial charge in [-0.3, -0.25) is 0 Å². The lowest BCUT2D eigenvalue weighted by atomic mass is 9.96. The first-order valence-electron chi connectivity index (χ1n) is 4.69. The van der Waals surface area contributed by atoms with Crippen LogP contribution in [-0.4, -0.2) is 13.7 Å². The summed E-state index contributed by atoms with van der Waals surface area (Å²) in [7, 11) is 1.73. The number of hydrogen-bond acceptors (Lipinski definition) is 2. The fourth-order valence-electron chi connectivity index (χ4n) is 1.68. The summed E-state index contributed by atoms with van der Waals surface area (Å²) >= 11 is 0. The van der Waals surface area contributed by atoms with E-state index in [0.717, 1.165) is 12.3 Å². The highest BCUT2D eigenvalue weighted by Crippen LogP contribution is 2.31. The van der Waals surface area contributed by atoms with Gasteiger partial charge in [0.1, 0.15) is 5.75 Å². The lowest BCUT2D eigenvalue weighted by Gasteiger charge is -2.29. The molecule has 0 spiro atoms. The van der Waals surface area contributed by atoms with Gasteiger partial charge in [0.25, 0.3) is 0 Å². The van der Waals surface area contributed by atoms with Gasteiger partial charge in [0, 0.05) is 11.6 Å². The van der Waals surface area contributed by atoms with Crippen LogP contribution in [0.2, 0.25) is 0 Å². The molecule has 13 heavy (non-hydrogen) atoms. The minimum Gasteiger partial charge on any atom is -0.496 e. The molecule has 2 heteroatoms. The van der Waals surface area contributed by atoms with Gasteiger partial charge in [0.05, 0.1) is 7.11 Å². The second-order valence-corrected chi connectivity index (χ2v) is 3.54. The highest BCUT2D eigenvalue weighted by molar-refractivity contribution is 5.39. The highest BCUT2D eigenvalue weighted by atomic mass is 16.5. The Morgan fingerprint density at radius 3 is 2.77 bits per heavy atom. The van der Waals surface area contributed by atoms with E-state index in [1.54, 1.807) is 7.11 Å². The standard InChI is InChI=1S/C11H15NO/c1-8-3-4-11(13-2)9(7-8)10-5-6-12-10/h3-4,7,10,12H,5-6H2,1-2H3/t10-/m1/s1. The number of rotatable bonds is 2. The molecule has 1 aliphatic rings. The summed E-state index contributed by atoms with van der Waals surface area (Å²) in [5, 5.41) is 3.38. The van der Waals surface area contributed by atoms with Crippen molar-refractivity contribution in [1.29, 1.82) is 0 Å². The molecule has 0 saturated carbocycles. The van der Waals surface area contributed by atoms with E-state index in [2.05, 4.69) is 24.4 Å². The molecule has 1 heterocycles. The van der Waals surface area contributed by atoms with E-state index in [-0.39, 0.29) is 0 Å². The van der Waals surface area contributed by atoms with Gasteiger partial charge in [-0.2, -0.15) is 0 Å². The summed E-state index contributed by atoms with van der Waals surface area (Å²) in [6.45, 7) is 3.24. The first-order chi connectivity index (χ1) is 6.31. The van der Waals surface area contributed by atoms with Crippen LogP contribution in [0.25, 0.3) is 0 Å². The number of nitrogens with one attached hydrogen (secondary N) is 1. The Hall–Kier alpha value is -1.02. The molecule has 0 radical (unpaired) electrons. The molecule has 0 aromatic heterocycles. The molecular formula is C11H15NO. The van der Waals surface area contributed by atoms with Crippen molar-refractivity contribution in [3.8, 4) is 5.75 Å². The molecule has 1 N–H and O–H groups in total. The molecule has 0 amide bonds. The molecule has 1 aliphatic heterocycles. The summed E-state index contributed by atoms with van der Waals surface area (Å²) < 4.78 is 5.32. The minimum absolute atomic E-state index is 0.509. The van der Waals surface area contributed by atoms with Crippen LogP contribution in [0.5, 0.6) is 5.75 Å². The second kappa shape index (κ2) is 3.38. The van der Waals surface area contributed by atoms with Crippen LogP contribution in [0.15, 0.2) is 18.2 Å². The monoisotopic (exact) mass is 177 g/mol. The maximum absolute atomic E-state index is 5.32. The highest BCUT2D eigenvalue weighted by Gasteiger charge is 2.21. The fourth-order valence-corrected chi connectivity index (χ4v) is 1.68. The Balaban J connectivity index is 2.33. The summed E-state index contributed by atoms with van der Waals surface area (Å²) in [6.07, 6.45) is 1.22. The van der Waals surface area contributed by atoms with Crippen molar-refractivity contribution in [2.24, 2.45) is 0 Å². The Labute approximate surface area is 78.9 Å². The van der Waals surface area contributed by atoms with Crippen LogP contribution in [-0.2, 0) is 0 Å². The first-order valence-corrected chi connectivity index (χ1v) is 4.69. The van der Waals surface area contributed by atoms with Crippen molar-refractivity contribution in [3.63, 3.8) is 0 Å². The normalized spacial score (nSPS) is 20.9. The van der Waals surface area contributed by atoms with E-state index in [1.165, 1.54) is 17.5 Å². The zero-order chi connectivity index (χ0) is 9.26. The van der Waals surface area contributed by atoms with Crippen molar-refractivity contribution in [2.45, 2.75) is 19.4 Å². The predicted molar refractivity (Wildman–Crippen MR) is 53.1 cm³/mol.